The predicted molar refractivity (Wildman–Crippen MR) is 43.9 cm³/mol. The van der Waals surface area contributed by atoms with E-state index in [2.05, 4.69) is 4.99 Å². The first-order chi connectivity index (χ1) is 7.41. The molecule has 0 aliphatic carbocycles. The molecule has 16 heavy (non-hydrogen) atoms. The summed E-state index contributed by atoms with van der Waals surface area (Å²) in [5.41, 5.74) is -3.34. The molecule has 0 heterocycles. The standard InChI is InChI=1S/C9H2F4N2O/c10-7-2-1-6(9(11,12)13)8(15-4-16)5(7)3-14/h1-2H. The first-order valence-corrected chi connectivity index (χ1v) is 3.79. The zero-order chi connectivity index (χ0) is 12.3. The lowest BCUT2D eigenvalue weighted by Crippen LogP contribution is -2.06. The number of hydrogen-bond donors (Lipinski definition) is 0. The third-order valence-corrected chi connectivity index (χ3v) is 1.70. The highest BCUT2D eigenvalue weighted by atomic mass is 19.4. The Bertz CT molecular complexity index is 509. The molecule has 0 aliphatic rings. The molecule has 1 aromatic carbocycles. The molecular formula is C9H2F4N2O. The third kappa shape index (κ3) is 2.07. The van der Waals surface area contributed by atoms with E-state index in [-0.39, 0.29) is 0 Å². The van der Waals surface area contributed by atoms with E-state index in [1.165, 1.54) is 6.07 Å². The van der Waals surface area contributed by atoms with Crippen LogP contribution in [-0.2, 0) is 11.0 Å². The summed E-state index contributed by atoms with van der Waals surface area (Å²) in [5, 5.41) is 8.47. The number of nitrogens with zero attached hydrogens (tertiary/aromatic N) is 2. The Hall–Kier alpha value is -2.19. The Labute approximate surface area is 86.6 Å². The van der Waals surface area contributed by atoms with Crippen molar-refractivity contribution in [1.29, 1.82) is 5.26 Å². The SMILES string of the molecule is N#Cc1c(F)ccc(C(F)(F)F)c1N=C=O. The summed E-state index contributed by atoms with van der Waals surface area (Å²) >= 11 is 0. The van der Waals surface area contributed by atoms with Crippen LogP contribution >= 0.6 is 0 Å². The van der Waals surface area contributed by atoms with Gasteiger partial charge in [-0.1, -0.05) is 0 Å². The molecule has 0 spiro atoms. The lowest BCUT2D eigenvalue weighted by Gasteiger charge is -2.09. The van der Waals surface area contributed by atoms with Crippen molar-refractivity contribution >= 4 is 11.8 Å². The van der Waals surface area contributed by atoms with E-state index in [9.17, 15) is 22.4 Å². The number of aliphatic imine (C=N–C) groups is 1. The summed E-state index contributed by atoms with van der Waals surface area (Å²) in [4.78, 5) is 12.7. The number of alkyl halides is 3. The number of isocyanates is 1. The summed E-state index contributed by atoms with van der Waals surface area (Å²) < 4.78 is 50.2. The van der Waals surface area contributed by atoms with Crippen molar-refractivity contribution in [3.63, 3.8) is 0 Å². The van der Waals surface area contributed by atoms with E-state index in [4.69, 9.17) is 5.26 Å². The van der Waals surface area contributed by atoms with Crippen molar-refractivity contribution in [3.8, 4) is 6.07 Å². The fraction of sp³-hybridized carbons (Fsp3) is 0.111. The molecule has 0 bridgehead atoms. The number of benzene rings is 1. The van der Waals surface area contributed by atoms with Crippen LogP contribution in [0.5, 0.6) is 0 Å². The normalized spacial score (nSPS) is 10.4. The molecule has 0 aromatic heterocycles. The number of rotatable bonds is 1. The van der Waals surface area contributed by atoms with Gasteiger partial charge in [-0.2, -0.15) is 23.4 Å². The van der Waals surface area contributed by atoms with E-state index in [0.717, 1.165) is 6.08 Å². The van der Waals surface area contributed by atoms with Crippen molar-refractivity contribution in [3.05, 3.63) is 29.1 Å². The molecule has 82 valence electrons. The first kappa shape index (κ1) is 11.9. The quantitative estimate of drug-likeness (QED) is 0.423. The highest BCUT2D eigenvalue weighted by Crippen LogP contribution is 2.38. The van der Waals surface area contributed by atoms with Gasteiger partial charge in [0.2, 0.25) is 6.08 Å². The Balaban J connectivity index is 3.66. The van der Waals surface area contributed by atoms with E-state index >= 15 is 0 Å². The number of hydrogen-bond acceptors (Lipinski definition) is 3. The minimum absolute atomic E-state index is 0.409. The lowest BCUT2D eigenvalue weighted by atomic mass is 10.1. The van der Waals surface area contributed by atoms with E-state index < -0.39 is 28.8 Å². The molecule has 0 amide bonds. The molecule has 0 saturated heterocycles. The number of carbonyl (C=O) groups excluding carboxylic acids is 1. The van der Waals surface area contributed by atoms with Crippen molar-refractivity contribution < 1.29 is 22.4 Å². The summed E-state index contributed by atoms with van der Waals surface area (Å²) in [6.07, 6.45) is -3.97. The lowest BCUT2D eigenvalue weighted by molar-refractivity contribution is -0.137. The minimum Gasteiger partial charge on any atom is -0.211 e. The number of halogens is 4. The fourth-order valence-corrected chi connectivity index (χ4v) is 1.06. The Kier molecular flexibility index (Phi) is 3.06. The molecule has 7 heteroatoms. The zero-order valence-corrected chi connectivity index (χ0v) is 7.47. The van der Waals surface area contributed by atoms with E-state index in [1.54, 1.807) is 0 Å². The van der Waals surface area contributed by atoms with Gasteiger partial charge in [0, 0.05) is 0 Å². The van der Waals surface area contributed by atoms with Crippen molar-refractivity contribution in [1.82, 2.24) is 0 Å². The van der Waals surface area contributed by atoms with Crippen molar-refractivity contribution in [2.24, 2.45) is 4.99 Å². The second-order valence-electron chi connectivity index (χ2n) is 2.63. The Morgan fingerprint density at radius 3 is 2.38 bits per heavy atom. The maximum atomic E-state index is 13.0. The molecule has 0 radical (unpaired) electrons. The van der Waals surface area contributed by atoms with Crippen molar-refractivity contribution in [2.45, 2.75) is 6.18 Å². The van der Waals surface area contributed by atoms with Gasteiger partial charge in [-0.3, -0.25) is 0 Å². The zero-order valence-electron chi connectivity index (χ0n) is 7.47. The van der Waals surface area contributed by atoms with E-state index in [1.807, 2.05) is 0 Å². The van der Waals surface area contributed by atoms with Crippen LogP contribution < -0.4 is 0 Å². The molecule has 0 unspecified atom stereocenters. The average Bonchev–Trinajstić information content (AvgIpc) is 2.16. The monoisotopic (exact) mass is 230 g/mol. The van der Waals surface area contributed by atoms with Gasteiger partial charge >= 0.3 is 6.18 Å². The molecule has 0 saturated carbocycles. The highest BCUT2D eigenvalue weighted by molar-refractivity contribution is 5.64. The molecule has 0 atom stereocenters. The van der Waals surface area contributed by atoms with Crippen LogP contribution in [0.4, 0.5) is 23.2 Å². The molecule has 1 aromatic rings. The van der Waals surface area contributed by atoms with Crippen molar-refractivity contribution in [2.75, 3.05) is 0 Å². The Morgan fingerprint density at radius 2 is 1.94 bits per heavy atom. The van der Waals surface area contributed by atoms with Crippen LogP contribution in [0.15, 0.2) is 17.1 Å². The van der Waals surface area contributed by atoms with Gasteiger partial charge in [0.05, 0.1) is 5.56 Å². The second kappa shape index (κ2) is 4.13. The minimum atomic E-state index is -4.82. The van der Waals surface area contributed by atoms with Crippen LogP contribution in [-0.4, -0.2) is 6.08 Å². The summed E-state index contributed by atoms with van der Waals surface area (Å²) in [5.74, 6) is -1.18. The van der Waals surface area contributed by atoms with Crippen LogP contribution in [0.3, 0.4) is 0 Å². The molecular weight excluding hydrogens is 228 g/mol. The largest absolute Gasteiger partial charge is 0.418 e. The van der Waals surface area contributed by atoms with E-state index in [0.29, 0.717) is 12.1 Å². The van der Waals surface area contributed by atoms with Gasteiger partial charge < -0.3 is 0 Å². The maximum absolute atomic E-state index is 13.0. The van der Waals surface area contributed by atoms with Gasteiger partial charge in [0.15, 0.2) is 0 Å². The third-order valence-electron chi connectivity index (χ3n) is 1.70. The molecule has 0 N–H and O–H groups in total. The van der Waals surface area contributed by atoms with Crippen LogP contribution in [0.2, 0.25) is 0 Å². The fourth-order valence-electron chi connectivity index (χ4n) is 1.06. The van der Waals surface area contributed by atoms with Gasteiger partial charge in [-0.15, -0.1) is 0 Å². The predicted octanol–water partition coefficient (Wildman–Crippen LogP) is 2.68. The second-order valence-corrected chi connectivity index (χ2v) is 2.63. The molecule has 0 fully saturated rings. The highest BCUT2D eigenvalue weighted by Gasteiger charge is 2.35. The molecule has 3 nitrogen and oxygen atoms in total. The molecule has 1 rings (SSSR count). The topological polar surface area (TPSA) is 53.2 Å². The van der Waals surface area contributed by atoms with Crippen LogP contribution in [0, 0.1) is 17.1 Å². The molecule has 0 aliphatic heterocycles. The summed E-state index contributed by atoms with van der Waals surface area (Å²) in [6.45, 7) is 0. The Morgan fingerprint density at radius 1 is 1.31 bits per heavy atom. The maximum Gasteiger partial charge on any atom is 0.418 e. The smallest absolute Gasteiger partial charge is 0.211 e. The van der Waals surface area contributed by atoms with Gasteiger partial charge in [-0.25, -0.2) is 9.18 Å². The van der Waals surface area contributed by atoms with Gasteiger partial charge in [0.1, 0.15) is 23.1 Å². The summed E-state index contributed by atoms with van der Waals surface area (Å²) in [7, 11) is 0. The van der Waals surface area contributed by atoms with Gasteiger partial charge in [-0.05, 0) is 12.1 Å². The van der Waals surface area contributed by atoms with Crippen LogP contribution in [0.1, 0.15) is 11.1 Å². The number of nitriles is 1. The van der Waals surface area contributed by atoms with Gasteiger partial charge in [0.25, 0.3) is 0 Å². The average molecular weight is 230 g/mol. The van der Waals surface area contributed by atoms with Crippen LogP contribution in [0.25, 0.3) is 0 Å². The summed E-state index contributed by atoms with van der Waals surface area (Å²) in [6, 6.07) is 2.11. The first-order valence-electron chi connectivity index (χ1n) is 3.79.